The molecule has 0 aromatic heterocycles. The molecule has 1 aliphatic heterocycles. The normalized spacial score (nSPS) is 19.6. The van der Waals surface area contributed by atoms with Gasteiger partial charge in [0.2, 0.25) is 0 Å². The lowest BCUT2D eigenvalue weighted by molar-refractivity contribution is -0.101. The Balaban J connectivity index is 1.48. The van der Waals surface area contributed by atoms with E-state index in [-0.39, 0.29) is 11.7 Å². The summed E-state index contributed by atoms with van der Waals surface area (Å²) >= 11 is 6.36. The van der Waals surface area contributed by atoms with Crippen LogP contribution in [0.4, 0.5) is 0 Å². The summed E-state index contributed by atoms with van der Waals surface area (Å²) in [6.45, 7) is 12.7. The van der Waals surface area contributed by atoms with Crippen molar-refractivity contribution in [3.8, 4) is 16.9 Å². The zero-order chi connectivity index (χ0) is 27.3. The minimum atomic E-state index is -0.113. The molecule has 1 heterocycles. The first-order chi connectivity index (χ1) is 18.2. The Morgan fingerprint density at radius 2 is 1.82 bits per heavy atom. The molecule has 1 N–H and O–H groups in total. The molecule has 1 fully saturated rings. The first-order valence-electron chi connectivity index (χ1n) is 13.3. The van der Waals surface area contributed by atoms with E-state index in [9.17, 15) is 4.79 Å². The summed E-state index contributed by atoms with van der Waals surface area (Å²) in [4.78, 5) is 11.2. The molecule has 0 spiro atoms. The number of hydrogen-bond acceptors (Lipinski definition) is 4. The average molecular weight is 532 g/mol. The monoisotopic (exact) mass is 531 g/mol. The molecule has 200 valence electrons. The summed E-state index contributed by atoms with van der Waals surface area (Å²) in [5.41, 5.74) is 8.48. The zero-order valence-corrected chi connectivity index (χ0v) is 23.8. The molecule has 0 bridgehead atoms. The van der Waals surface area contributed by atoms with E-state index >= 15 is 0 Å². The van der Waals surface area contributed by atoms with Crippen LogP contribution in [0, 0.1) is 20.8 Å². The second-order valence-corrected chi connectivity index (χ2v) is 11.0. The molecular formula is C33H38ClNO3. The van der Waals surface area contributed by atoms with Gasteiger partial charge in [-0.15, -0.1) is 0 Å². The van der Waals surface area contributed by atoms with Crippen molar-refractivity contribution in [1.82, 2.24) is 5.32 Å². The van der Waals surface area contributed by atoms with Crippen molar-refractivity contribution >= 4 is 24.0 Å². The number of aldehydes is 1. The number of allylic oxidation sites excluding steroid dienone is 1. The van der Waals surface area contributed by atoms with Gasteiger partial charge in [0.1, 0.15) is 18.6 Å². The first kappa shape index (κ1) is 28.1. The molecule has 1 aliphatic rings. The Morgan fingerprint density at radius 1 is 1.08 bits per heavy atom. The number of carbonyl (C=O) groups is 1. The third-order valence-electron chi connectivity index (χ3n) is 7.50. The van der Waals surface area contributed by atoms with Gasteiger partial charge in [0, 0.05) is 18.7 Å². The van der Waals surface area contributed by atoms with Crippen LogP contribution in [0.3, 0.4) is 0 Å². The fraction of sp³-hybridized carbons (Fsp3) is 0.364. The number of halogens is 1. The fourth-order valence-corrected chi connectivity index (χ4v) is 5.40. The molecule has 0 amide bonds. The highest BCUT2D eigenvalue weighted by atomic mass is 35.5. The predicted octanol–water partition coefficient (Wildman–Crippen LogP) is 7.88. The molecule has 1 saturated heterocycles. The van der Waals surface area contributed by atoms with E-state index in [2.05, 4.69) is 81.6 Å². The Hall–Kier alpha value is -2.92. The number of benzene rings is 3. The van der Waals surface area contributed by atoms with Crippen LogP contribution in [-0.4, -0.2) is 31.1 Å². The van der Waals surface area contributed by atoms with E-state index in [0.717, 1.165) is 43.3 Å². The number of aryl methyl sites for hydroxylation is 1. The number of ether oxygens (including phenoxy) is 2. The molecule has 2 atom stereocenters. The molecule has 0 radical (unpaired) electrons. The van der Waals surface area contributed by atoms with Crippen LogP contribution < -0.4 is 10.1 Å². The quantitative estimate of drug-likeness (QED) is 0.285. The lowest BCUT2D eigenvalue weighted by Crippen LogP contribution is -2.51. The molecule has 3 aromatic rings. The minimum Gasteiger partial charge on any atom is -0.487 e. The van der Waals surface area contributed by atoms with Crippen LogP contribution in [0.1, 0.15) is 64.9 Å². The number of nitrogens with one attached hydrogen (secondary N) is 1. The maximum Gasteiger partial charge on any atom is 0.150 e. The SMILES string of the molecule is Cc1cc(OCc2cccc(-c3cccc(C=CCCC4(C)CNCC(C)O4)c3C)c2C)c(Cl)cc1C=O. The van der Waals surface area contributed by atoms with Crippen LogP contribution in [0.2, 0.25) is 5.02 Å². The average Bonchev–Trinajstić information content (AvgIpc) is 2.88. The Kier molecular flexibility index (Phi) is 9.09. The van der Waals surface area contributed by atoms with Gasteiger partial charge in [0.05, 0.1) is 16.7 Å². The number of carbonyl (C=O) groups excluding carboxylic acids is 1. The summed E-state index contributed by atoms with van der Waals surface area (Å²) in [7, 11) is 0. The van der Waals surface area contributed by atoms with Gasteiger partial charge in [-0.2, -0.15) is 0 Å². The van der Waals surface area contributed by atoms with Gasteiger partial charge in [-0.1, -0.05) is 60.2 Å². The molecule has 4 nitrogen and oxygen atoms in total. The number of rotatable bonds is 9. The highest BCUT2D eigenvalue weighted by molar-refractivity contribution is 6.32. The van der Waals surface area contributed by atoms with E-state index < -0.39 is 0 Å². The standard InChI is InChI=1S/C33H38ClNO3/c1-22-16-32(31(34)17-28(22)19-36)37-20-27-12-9-14-30(25(27)4)29-13-8-11-26(24(29)3)10-6-7-15-33(5)21-35-18-23(2)38-33/h6,8-14,16-17,19,23,35H,7,15,18,20-21H2,1-5H3. The van der Waals surface area contributed by atoms with Crippen molar-refractivity contribution in [2.45, 2.75) is 65.8 Å². The molecule has 4 rings (SSSR count). The van der Waals surface area contributed by atoms with Gasteiger partial charge < -0.3 is 14.8 Å². The lowest BCUT2D eigenvalue weighted by atomic mass is 9.91. The van der Waals surface area contributed by atoms with Crippen LogP contribution in [0.5, 0.6) is 5.75 Å². The second kappa shape index (κ2) is 12.3. The van der Waals surface area contributed by atoms with Crippen LogP contribution in [-0.2, 0) is 11.3 Å². The smallest absolute Gasteiger partial charge is 0.150 e. The third kappa shape index (κ3) is 6.55. The summed E-state index contributed by atoms with van der Waals surface area (Å²) in [5.74, 6) is 0.584. The summed E-state index contributed by atoms with van der Waals surface area (Å²) in [6, 6.07) is 16.3. The summed E-state index contributed by atoms with van der Waals surface area (Å²) in [5, 5.41) is 3.92. The van der Waals surface area contributed by atoms with Gasteiger partial charge in [-0.05, 0) is 98.5 Å². The van der Waals surface area contributed by atoms with E-state index in [1.165, 1.54) is 27.8 Å². The van der Waals surface area contributed by atoms with Gasteiger partial charge in [-0.3, -0.25) is 4.79 Å². The van der Waals surface area contributed by atoms with E-state index in [1.54, 1.807) is 6.07 Å². The van der Waals surface area contributed by atoms with Crippen molar-refractivity contribution in [2.75, 3.05) is 13.1 Å². The van der Waals surface area contributed by atoms with Crippen molar-refractivity contribution in [3.63, 3.8) is 0 Å². The van der Waals surface area contributed by atoms with E-state index in [0.29, 0.717) is 22.9 Å². The van der Waals surface area contributed by atoms with Crippen LogP contribution in [0.25, 0.3) is 17.2 Å². The van der Waals surface area contributed by atoms with Gasteiger partial charge >= 0.3 is 0 Å². The van der Waals surface area contributed by atoms with Crippen LogP contribution >= 0.6 is 11.6 Å². The zero-order valence-electron chi connectivity index (χ0n) is 23.1. The predicted molar refractivity (Wildman–Crippen MR) is 157 cm³/mol. The van der Waals surface area contributed by atoms with Gasteiger partial charge in [0.15, 0.2) is 0 Å². The Bertz CT molecular complexity index is 1330. The molecule has 5 heteroatoms. The number of hydrogen-bond donors (Lipinski definition) is 1. The highest BCUT2D eigenvalue weighted by Crippen LogP contribution is 2.33. The van der Waals surface area contributed by atoms with Gasteiger partial charge in [-0.25, -0.2) is 0 Å². The molecule has 0 aliphatic carbocycles. The third-order valence-corrected chi connectivity index (χ3v) is 7.79. The lowest BCUT2D eigenvalue weighted by Gasteiger charge is -2.38. The summed E-state index contributed by atoms with van der Waals surface area (Å²) < 4.78 is 12.3. The van der Waals surface area contributed by atoms with Crippen LogP contribution in [0.15, 0.2) is 54.6 Å². The van der Waals surface area contributed by atoms with Crippen molar-refractivity contribution in [2.24, 2.45) is 0 Å². The van der Waals surface area contributed by atoms with Crippen molar-refractivity contribution < 1.29 is 14.3 Å². The topological polar surface area (TPSA) is 47.6 Å². The molecule has 38 heavy (non-hydrogen) atoms. The Morgan fingerprint density at radius 3 is 2.55 bits per heavy atom. The molecule has 0 saturated carbocycles. The summed E-state index contributed by atoms with van der Waals surface area (Å²) in [6.07, 6.45) is 7.52. The Labute approximate surface area is 232 Å². The van der Waals surface area contributed by atoms with E-state index in [1.807, 2.05) is 13.0 Å². The largest absolute Gasteiger partial charge is 0.487 e. The molecular weight excluding hydrogens is 494 g/mol. The fourth-order valence-electron chi connectivity index (χ4n) is 5.18. The molecule has 3 aromatic carbocycles. The van der Waals surface area contributed by atoms with Gasteiger partial charge in [0.25, 0.3) is 0 Å². The molecule has 2 unspecified atom stereocenters. The van der Waals surface area contributed by atoms with Crippen molar-refractivity contribution in [1.29, 1.82) is 0 Å². The number of morpholine rings is 1. The maximum atomic E-state index is 11.2. The highest BCUT2D eigenvalue weighted by Gasteiger charge is 2.30. The van der Waals surface area contributed by atoms with E-state index in [4.69, 9.17) is 21.1 Å². The van der Waals surface area contributed by atoms with Crippen molar-refractivity contribution in [3.05, 3.63) is 93.0 Å². The first-order valence-corrected chi connectivity index (χ1v) is 13.7. The maximum absolute atomic E-state index is 11.2. The second-order valence-electron chi connectivity index (χ2n) is 10.6. The minimum absolute atomic E-state index is 0.113.